The third-order valence-corrected chi connectivity index (χ3v) is 3.79. The molecule has 3 atom stereocenters. The third-order valence-electron chi connectivity index (χ3n) is 3.79. The van der Waals surface area contributed by atoms with Crippen molar-refractivity contribution in [3.05, 3.63) is 29.8 Å². The van der Waals surface area contributed by atoms with Crippen molar-refractivity contribution in [3.63, 3.8) is 0 Å². The number of hydrogen-bond acceptors (Lipinski definition) is 3. The lowest BCUT2D eigenvalue weighted by Crippen LogP contribution is -2.43. The number of rotatable bonds is 6. The molecule has 0 aromatic heterocycles. The van der Waals surface area contributed by atoms with Gasteiger partial charge in [-0.15, -0.1) is 0 Å². The normalized spacial score (nSPS) is 22.2. The summed E-state index contributed by atoms with van der Waals surface area (Å²) in [6.45, 7) is 5.35. The second-order valence-electron chi connectivity index (χ2n) is 5.42. The summed E-state index contributed by atoms with van der Waals surface area (Å²) >= 11 is 0. The van der Waals surface area contributed by atoms with Gasteiger partial charge < -0.3 is 14.8 Å². The van der Waals surface area contributed by atoms with Crippen molar-refractivity contribution < 1.29 is 9.47 Å². The number of hydrogen-bond donors (Lipinski definition) is 1. The molecule has 3 nitrogen and oxygen atoms in total. The van der Waals surface area contributed by atoms with E-state index in [1.165, 1.54) is 18.4 Å². The van der Waals surface area contributed by atoms with E-state index >= 15 is 0 Å². The Morgan fingerprint density at radius 2 is 2.16 bits per heavy atom. The molecular weight excluding hydrogens is 238 g/mol. The van der Waals surface area contributed by atoms with Crippen LogP contribution in [0.5, 0.6) is 5.75 Å². The molecule has 1 aliphatic rings. The molecule has 2 rings (SSSR count). The van der Waals surface area contributed by atoms with Crippen molar-refractivity contribution in [3.8, 4) is 5.75 Å². The Labute approximate surface area is 116 Å². The summed E-state index contributed by atoms with van der Waals surface area (Å²) < 4.78 is 11.1. The second kappa shape index (κ2) is 6.92. The fraction of sp³-hybridized carbons (Fsp3) is 0.625. The van der Waals surface area contributed by atoms with Gasteiger partial charge in [0.1, 0.15) is 5.75 Å². The summed E-state index contributed by atoms with van der Waals surface area (Å²) in [5.74, 6) is 0.973. The molecule has 1 heterocycles. The fourth-order valence-electron chi connectivity index (χ4n) is 2.81. The predicted molar refractivity (Wildman–Crippen MR) is 77.7 cm³/mol. The summed E-state index contributed by atoms with van der Waals surface area (Å²) in [5.41, 5.74) is 1.25. The molecule has 1 N–H and O–H groups in total. The van der Waals surface area contributed by atoms with E-state index < -0.39 is 0 Å². The first kappa shape index (κ1) is 14.4. The zero-order valence-corrected chi connectivity index (χ0v) is 12.2. The molecule has 0 bridgehead atoms. The molecule has 3 unspecified atom stereocenters. The molecule has 0 aliphatic carbocycles. The lowest BCUT2D eigenvalue weighted by atomic mass is 10.0. The van der Waals surface area contributed by atoms with Crippen LogP contribution in [0.2, 0.25) is 0 Å². The van der Waals surface area contributed by atoms with Crippen molar-refractivity contribution in [2.45, 2.75) is 51.3 Å². The molecule has 0 saturated carbocycles. The summed E-state index contributed by atoms with van der Waals surface area (Å²) in [5, 5.41) is 3.64. The fourth-order valence-corrected chi connectivity index (χ4v) is 2.81. The van der Waals surface area contributed by atoms with E-state index in [2.05, 4.69) is 31.3 Å². The van der Waals surface area contributed by atoms with Gasteiger partial charge in [-0.3, -0.25) is 0 Å². The first-order valence-electron chi connectivity index (χ1n) is 7.20. The Hall–Kier alpha value is -1.06. The van der Waals surface area contributed by atoms with Crippen LogP contribution in [0.4, 0.5) is 0 Å². The molecule has 0 amide bonds. The van der Waals surface area contributed by atoms with E-state index in [-0.39, 0.29) is 0 Å². The van der Waals surface area contributed by atoms with E-state index in [1.807, 2.05) is 12.1 Å². The van der Waals surface area contributed by atoms with Gasteiger partial charge in [-0.05, 0) is 44.7 Å². The maximum absolute atomic E-state index is 5.72. The van der Waals surface area contributed by atoms with Crippen molar-refractivity contribution in [2.24, 2.45) is 0 Å². The highest BCUT2D eigenvalue weighted by molar-refractivity contribution is 5.33. The first-order valence-corrected chi connectivity index (χ1v) is 7.20. The molecule has 19 heavy (non-hydrogen) atoms. The van der Waals surface area contributed by atoms with Crippen LogP contribution in [0.3, 0.4) is 0 Å². The highest BCUT2D eigenvalue weighted by Gasteiger charge is 2.23. The Morgan fingerprint density at radius 1 is 1.37 bits per heavy atom. The number of para-hydroxylation sites is 1. The van der Waals surface area contributed by atoms with E-state index in [1.54, 1.807) is 7.11 Å². The van der Waals surface area contributed by atoms with Crippen LogP contribution in [-0.4, -0.2) is 31.9 Å². The molecule has 0 radical (unpaired) electrons. The molecule has 1 aliphatic heterocycles. The maximum Gasteiger partial charge on any atom is 0.122 e. The zero-order valence-electron chi connectivity index (χ0n) is 12.2. The van der Waals surface area contributed by atoms with E-state index in [0.717, 1.165) is 18.8 Å². The average Bonchev–Trinajstić information content (AvgIpc) is 2.93. The van der Waals surface area contributed by atoms with Crippen LogP contribution in [0.1, 0.15) is 32.3 Å². The highest BCUT2D eigenvalue weighted by atomic mass is 16.5. The second-order valence-corrected chi connectivity index (χ2v) is 5.42. The molecular formula is C16H25NO2. The Kier molecular flexibility index (Phi) is 5.23. The van der Waals surface area contributed by atoms with Gasteiger partial charge in [0.25, 0.3) is 0 Å². The molecule has 1 aromatic carbocycles. The Balaban J connectivity index is 1.87. The topological polar surface area (TPSA) is 30.5 Å². The van der Waals surface area contributed by atoms with E-state index in [9.17, 15) is 0 Å². The predicted octanol–water partition coefficient (Wildman–Crippen LogP) is 2.78. The Bertz CT molecular complexity index is 388. The van der Waals surface area contributed by atoms with Gasteiger partial charge in [-0.25, -0.2) is 0 Å². The smallest absolute Gasteiger partial charge is 0.122 e. The maximum atomic E-state index is 5.72. The van der Waals surface area contributed by atoms with Gasteiger partial charge in [0.05, 0.1) is 13.2 Å². The lowest BCUT2D eigenvalue weighted by molar-refractivity contribution is 0.0804. The first-order chi connectivity index (χ1) is 9.20. The summed E-state index contributed by atoms with van der Waals surface area (Å²) in [6.07, 6.45) is 3.72. The van der Waals surface area contributed by atoms with Crippen LogP contribution in [0, 0.1) is 0 Å². The lowest BCUT2D eigenvalue weighted by Gasteiger charge is -2.25. The summed E-state index contributed by atoms with van der Waals surface area (Å²) in [6, 6.07) is 9.05. The van der Waals surface area contributed by atoms with Gasteiger partial charge in [0, 0.05) is 18.7 Å². The zero-order chi connectivity index (χ0) is 13.7. The number of nitrogens with one attached hydrogen (secondary N) is 1. The quantitative estimate of drug-likeness (QED) is 0.856. The van der Waals surface area contributed by atoms with Crippen LogP contribution < -0.4 is 10.1 Å². The summed E-state index contributed by atoms with van der Waals surface area (Å²) in [7, 11) is 1.73. The molecule has 3 heteroatoms. The van der Waals surface area contributed by atoms with Gasteiger partial charge >= 0.3 is 0 Å². The standard InChI is InChI=1S/C16H25NO2/c1-12(17-13(2)15-9-6-10-19-15)11-14-7-4-5-8-16(14)18-3/h4-5,7-8,12-13,15,17H,6,9-11H2,1-3H3. The van der Waals surface area contributed by atoms with Crippen LogP contribution in [-0.2, 0) is 11.2 Å². The van der Waals surface area contributed by atoms with Crippen molar-refractivity contribution in [1.29, 1.82) is 0 Å². The van der Waals surface area contributed by atoms with Crippen molar-refractivity contribution >= 4 is 0 Å². The number of ether oxygens (including phenoxy) is 2. The molecule has 1 fully saturated rings. The minimum Gasteiger partial charge on any atom is -0.496 e. The molecule has 1 aromatic rings. The molecule has 106 valence electrons. The minimum absolute atomic E-state index is 0.375. The van der Waals surface area contributed by atoms with Crippen LogP contribution in [0.25, 0.3) is 0 Å². The van der Waals surface area contributed by atoms with Crippen molar-refractivity contribution in [1.82, 2.24) is 5.32 Å². The molecule has 1 saturated heterocycles. The average molecular weight is 263 g/mol. The number of methoxy groups -OCH3 is 1. The van der Waals surface area contributed by atoms with Crippen molar-refractivity contribution in [2.75, 3.05) is 13.7 Å². The van der Waals surface area contributed by atoms with E-state index in [0.29, 0.717) is 18.2 Å². The van der Waals surface area contributed by atoms with Gasteiger partial charge in [0.2, 0.25) is 0 Å². The highest BCUT2D eigenvalue weighted by Crippen LogP contribution is 2.20. The van der Waals surface area contributed by atoms with Gasteiger partial charge in [-0.1, -0.05) is 18.2 Å². The SMILES string of the molecule is COc1ccccc1CC(C)NC(C)C1CCCO1. The van der Waals surface area contributed by atoms with Gasteiger partial charge in [0.15, 0.2) is 0 Å². The summed E-state index contributed by atoms with van der Waals surface area (Å²) in [4.78, 5) is 0. The van der Waals surface area contributed by atoms with Crippen LogP contribution >= 0.6 is 0 Å². The largest absolute Gasteiger partial charge is 0.496 e. The third kappa shape index (κ3) is 3.95. The number of benzene rings is 1. The minimum atomic E-state index is 0.375. The van der Waals surface area contributed by atoms with E-state index in [4.69, 9.17) is 9.47 Å². The monoisotopic (exact) mass is 263 g/mol. The van der Waals surface area contributed by atoms with Gasteiger partial charge in [-0.2, -0.15) is 0 Å². The molecule has 0 spiro atoms. The van der Waals surface area contributed by atoms with Crippen LogP contribution in [0.15, 0.2) is 24.3 Å². The Morgan fingerprint density at radius 3 is 2.84 bits per heavy atom.